The summed E-state index contributed by atoms with van der Waals surface area (Å²) in [5.74, 6) is -0.519. The Morgan fingerprint density at radius 3 is 2.69 bits per heavy atom. The molecule has 90 valence electrons. The van der Waals surface area contributed by atoms with Gasteiger partial charge in [0, 0.05) is 0 Å². The lowest BCUT2D eigenvalue weighted by atomic mass is 10.3. The number of carbonyl (C=O) groups excluding carboxylic acids is 1. The molecule has 1 amide bonds. The second-order valence-corrected chi connectivity index (χ2v) is 4.13. The van der Waals surface area contributed by atoms with E-state index in [1.165, 1.54) is 6.92 Å². The van der Waals surface area contributed by atoms with Gasteiger partial charge in [-0.3, -0.25) is 10.1 Å². The molecule has 1 rings (SSSR count). The van der Waals surface area contributed by atoms with E-state index in [1.807, 2.05) is 0 Å². The Kier molecular flexibility index (Phi) is 3.81. The van der Waals surface area contributed by atoms with Crippen molar-refractivity contribution >= 4 is 22.4 Å². The van der Waals surface area contributed by atoms with Crippen LogP contribution in [0.25, 0.3) is 0 Å². The lowest BCUT2D eigenvalue weighted by Crippen LogP contribution is -2.32. The zero-order chi connectivity index (χ0) is 12.3. The van der Waals surface area contributed by atoms with Gasteiger partial charge in [-0.2, -0.15) is 13.2 Å². The van der Waals surface area contributed by atoms with Gasteiger partial charge in [-0.15, -0.1) is 10.2 Å². The minimum Gasteiger partial charge on any atom is -0.320 e. The molecule has 0 unspecified atom stereocenters. The number of rotatable bonds is 3. The summed E-state index contributed by atoms with van der Waals surface area (Å²) in [7, 11) is 0. The Morgan fingerprint density at radius 2 is 2.19 bits per heavy atom. The number of hydrogen-bond donors (Lipinski definition) is 2. The van der Waals surface area contributed by atoms with Crippen LogP contribution in [0.3, 0.4) is 0 Å². The summed E-state index contributed by atoms with van der Waals surface area (Å²) in [5, 5.41) is 8.79. The predicted molar refractivity (Wildman–Crippen MR) is 51.9 cm³/mol. The number of anilines is 1. The van der Waals surface area contributed by atoms with Gasteiger partial charge in [0.05, 0.1) is 12.5 Å². The number of halogens is 3. The average Bonchev–Trinajstić information content (AvgIpc) is 2.49. The van der Waals surface area contributed by atoms with E-state index in [4.69, 9.17) is 5.73 Å². The molecule has 0 aromatic carbocycles. The number of hydrogen-bond acceptors (Lipinski definition) is 5. The summed E-state index contributed by atoms with van der Waals surface area (Å²) in [6.45, 7) is 1.45. The lowest BCUT2D eigenvalue weighted by Gasteiger charge is -2.03. The van der Waals surface area contributed by atoms with Crippen LogP contribution in [0.4, 0.5) is 18.3 Å². The van der Waals surface area contributed by atoms with Gasteiger partial charge in [0.25, 0.3) is 0 Å². The molecular weight excluding hydrogens is 245 g/mol. The number of aromatic nitrogens is 2. The molecule has 0 aliphatic heterocycles. The Bertz CT molecular complexity index is 376. The molecule has 1 aromatic heterocycles. The highest BCUT2D eigenvalue weighted by molar-refractivity contribution is 7.15. The highest BCUT2D eigenvalue weighted by Crippen LogP contribution is 2.24. The first-order chi connectivity index (χ1) is 7.28. The van der Waals surface area contributed by atoms with E-state index in [9.17, 15) is 18.0 Å². The highest BCUT2D eigenvalue weighted by atomic mass is 32.1. The van der Waals surface area contributed by atoms with E-state index in [1.54, 1.807) is 0 Å². The Labute approximate surface area is 92.9 Å². The van der Waals surface area contributed by atoms with Crippen LogP contribution in [0, 0.1) is 0 Å². The third-order valence-corrected chi connectivity index (χ3v) is 2.30. The molecule has 0 saturated heterocycles. The number of carbonyl (C=O) groups is 1. The zero-order valence-corrected chi connectivity index (χ0v) is 9.02. The molecular formula is C7H9F3N4OS. The fourth-order valence-electron chi connectivity index (χ4n) is 0.766. The van der Waals surface area contributed by atoms with Gasteiger partial charge in [-0.1, -0.05) is 11.3 Å². The number of nitrogens with zero attached hydrogens (tertiary/aromatic N) is 2. The third-order valence-electron chi connectivity index (χ3n) is 1.46. The molecule has 16 heavy (non-hydrogen) atoms. The van der Waals surface area contributed by atoms with E-state index in [0.717, 1.165) is 0 Å². The van der Waals surface area contributed by atoms with Crippen LogP contribution in [0.1, 0.15) is 11.9 Å². The van der Waals surface area contributed by atoms with Crippen LogP contribution in [0.15, 0.2) is 0 Å². The summed E-state index contributed by atoms with van der Waals surface area (Å²) in [5.41, 5.74) is 5.26. The van der Waals surface area contributed by atoms with Crippen LogP contribution in [0.5, 0.6) is 0 Å². The van der Waals surface area contributed by atoms with Crippen molar-refractivity contribution in [1.82, 2.24) is 10.2 Å². The number of nitrogens with two attached hydrogens (primary N) is 1. The van der Waals surface area contributed by atoms with Crippen molar-refractivity contribution < 1.29 is 18.0 Å². The van der Waals surface area contributed by atoms with Crippen molar-refractivity contribution in [2.45, 2.75) is 25.6 Å². The van der Waals surface area contributed by atoms with Crippen molar-refractivity contribution in [3.05, 3.63) is 5.01 Å². The van der Waals surface area contributed by atoms with E-state index >= 15 is 0 Å². The molecule has 0 spiro atoms. The summed E-state index contributed by atoms with van der Waals surface area (Å²) in [6.07, 6.45) is -5.49. The monoisotopic (exact) mass is 254 g/mol. The number of amides is 1. The van der Waals surface area contributed by atoms with Crippen molar-refractivity contribution in [2.75, 3.05) is 5.32 Å². The van der Waals surface area contributed by atoms with Crippen LogP contribution >= 0.6 is 11.3 Å². The molecule has 5 nitrogen and oxygen atoms in total. The predicted octanol–water partition coefficient (Wildman–Crippen LogP) is 0.929. The van der Waals surface area contributed by atoms with Crippen LogP contribution in [-0.2, 0) is 11.2 Å². The topological polar surface area (TPSA) is 80.9 Å². The lowest BCUT2D eigenvalue weighted by molar-refractivity contribution is -0.127. The van der Waals surface area contributed by atoms with Crippen LogP contribution < -0.4 is 11.1 Å². The number of nitrogens with one attached hydrogen (secondary N) is 1. The van der Waals surface area contributed by atoms with Crippen LogP contribution in [-0.4, -0.2) is 28.3 Å². The second-order valence-electron chi connectivity index (χ2n) is 3.07. The fourth-order valence-corrected chi connectivity index (χ4v) is 1.54. The van der Waals surface area contributed by atoms with Gasteiger partial charge < -0.3 is 5.73 Å². The summed E-state index contributed by atoms with van der Waals surface area (Å²) >= 11 is 0.676. The molecule has 0 bridgehead atoms. The maximum absolute atomic E-state index is 12.0. The first-order valence-corrected chi connectivity index (χ1v) is 5.05. The molecule has 3 N–H and O–H groups in total. The quantitative estimate of drug-likeness (QED) is 0.840. The Hall–Kier alpha value is -1.22. The van der Waals surface area contributed by atoms with Crippen molar-refractivity contribution in [1.29, 1.82) is 0 Å². The zero-order valence-electron chi connectivity index (χ0n) is 8.21. The molecule has 0 radical (unpaired) electrons. The van der Waals surface area contributed by atoms with Gasteiger partial charge >= 0.3 is 6.18 Å². The molecule has 1 heterocycles. The maximum atomic E-state index is 12.0. The molecule has 0 aliphatic rings. The minimum atomic E-state index is -4.33. The molecule has 0 aliphatic carbocycles. The van der Waals surface area contributed by atoms with Crippen molar-refractivity contribution in [3.63, 3.8) is 0 Å². The van der Waals surface area contributed by atoms with Crippen molar-refractivity contribution in [2.24, 2.45) is 5.73 Å². The standard InChI is InChI=1S/C7H9F3N4OS/c1-3(11)5(15)12-6-14-13-4(16-6)2-7(8,9)10/h3H,2,11H2,1H3,(H,12,14,15)/t3-/m1/s1. The highest BCUT2D eigenvalue weighted by Gasteiger charge is 2.30. The summed E-state index contributed by atoms with van der Waals surface area (Å²) in [4.78, 5) is 11.1. The summed E-state index contributed by atoms with van der Waals surface area (Å²) < 4.78 is 35.9. The van der Waals surface area contributed by atoms with E-state index in [2.05, 4.69) is 15.5 Å². The number of alkyl halides is 3. The molecule has 9 heteroatoms. The third kappa shape index (κ3) is 4.11. The smallest absolute Gasteiger partial charge is 0.320 e. The van der Waals surface area contributed by atoms with Gasteiger partial charge in [0.1, 0.15) is 5.01 Å². The Balaban J connectivity index is 2.62. The van der Waals surface area contributed by atoms with E-state index < -0.39 is 24.5 Å². The minimum absolute atomic E-state index is 0.0153. The Morgan fingerprint density at radius 1 is 1.56 bits per heavy atom. The SMILES string of the molecule is C[C@@H](N)C(=O)Nc1nnc(CC(F)(F)F)s1. The largest absolute Gasteiger partial charge is 0.395 e. The molecule has 0 saturated carbocycles. The maximum Gasteiger partial charge on any atom is 0.395 e. The van der Waals surface area contributed by atoms with Crippen molar-refractivity contribution in [3.8, 4) is 0 Å². The molecule has 1 aromatic rings. The van der Waals surface area contributed by atoms with Gasteiger partial charge in [-0.05, 0) is 6.92 Å². The van der Waals surface area contributed by atoms with Crippen LogP contribution in [0.2, 0.25) is 0 Å². The molecule has 0 fully saturated rings. The fraction of sp³-hybridized carbons (Fsp3) is 0.571. The molecule has 1 atom stereocenters. The first-order valence-electron chi connectivity index (χ1n) is 4.23. The summed E-state index contributed by atoms with van der Waals surface area (Å²) in [6, 6.07) is -0.755. The van der Waals surface area contributed by atoms with Gasteiger partial charge in [-0.25, -0.2) is 0 Å². The normalized spacial score (nSPS) is 13.6. The van der Waals surface area contributed by atoms with Gasteiger partial charge in [0.2, 0.25) is 11.0 Å². The second kappa shape index (κ2) is 4.74. The average molecular weight is 254 g/mol. The van der Waals surface area contributed by atoms with E-state index in [-0.39, 0.29) is 10.1 Å². The van der Waals surface area contributed by atoms with E-state index in [0.29, 0.717) is 11.3 Å². The first kappa shape index (κ1) is 12.8. The van der Waals surface area contributed by atoms with Gasteiger partial charge in [0.15, 0.2) is 0 Å².